The van der Waals surface area contributed by atoms with Crippen LogP contribution in [0.25, 0.3) is 0 Å². The molecule has 0 fully saturated rings. The van der Waals surface area contributed by atoms with E-state index in [0.717, 1.165) is 0 Å². The first-order chi connectivity index (χ1) is 5.10. The van der Waals surface area contributed by atoms with Gasteiger partial charge >= 0.3 is 9.05 Å². The summed E-state index contributed by atoms with van der Waals surface area (Å²) in [5, 5.41) is 1.24. The topological polar surface area (TPSA) is 40.2 Å². The first-order valence-electron chi connectivity index (χ1n) is 2.36. The average Bonchev–Trinajstić information content (AvgIpc) is 2.00. The first-order valence-corrected chi connectivity index (χ1v) is 4.92. The molecule has 0 aliphatic heterocycles. The minimum absolute atomic E-state index is 1.24. The maximum absolute atomic E-state index is 4.96. The fraction of sp³-hybridized carbons (Fsp3) is 1.00. The number of halogens is 3. The van der Waals surface area contributed by atoms with Crippen LogP contribution in [0.3, 0.4) is 0 Å². The van der Waals surface area contributed by atoms with Crippen molar-refractivity contribution < 1.29 is 16.5 Å². The van der Waals surface area contributed by atoms with Crippen molar-refractivity contribution in [3.05, 3.63) is 0 Å². The first kappa shape index (κ1) is 11.9. The van der Waals surface area contributed by atoms with Crippen molar-refractivity contribution in [3.8, 4) is 0 Å². The van der Waals surface area contributed by atoms with E-state index in [2.05, 4.69) is 11.9 Å². The molecule has 0 heterocycles. The predicted octanol–water partition coefficient (Wildman–Crippen LogP) is 1.43. The molecule has 0 aromatic rings. The molecule has 0 N–H and O–H groups in total. The molecule has 0 aromatic heterocycles. The molecule has 0 bridgehead atoms. The SMILES string of the molecule is CN(C)O[Si](OCl)(OCl)OCl. The molecule has 0 saturated carbocycles. The van der Waals surface area contributed by atoms with Gasteiger partial charge in [0.2, 0.25) is 0 Å². The van der Waals surface area contributed by atoms with Gasteiger partial charge in [-0.3, -0.25) is 4.53 Å². The van der Waals surface area contributed by atoms with Crippen molar-refractivity contribution in [3.63, 3.8) is 0 Å². The Balaban J connectivity index is 4.05. The third kappa shape index (κ3) is 3.88. The Bertz CT molecular complexity index is 103. The second-order valence-corrected chi connectivity index (χ2v) is 4.67. The Morgan fingerprint density at radius 2 is 1.36 bits per heavy atom. The van der Waals surface area contributed by atoms with Crippen LogP contribution in [-0.4, -0.2) is 28.2 Å². The monoisotopic (exact) mass is 241 g/mol. The van der Waals surface area contributed by atoms with Gasteiger partial charge in [0.25, 0.3) is 0 Å². The summed E-state index contributed by atoms with van der Waals surface area (Å²) < 4.78 is 17.4. The fourth-order valence-corrected chi connectivity index (χ4v) is 2.02. The van der Waals surface area contributed by atoms with Gasteiger partial charge in [-0.2, -0.15) is 0 Å². The fourth-order valence-electron chi connectivity index (χ4n) is 0.302. The minimum atomic E-state index is -3.56. The highest BCUT2D eigenvalue weighted by atomic mass is 35.5. The lowest BCUT2D eigenvalue weighted by Gasteiger charge is -2.20. The Hall–Kier alpha value is 0.887. The molecule has 0 spiro atoms. The van der Waals surface area contributed by atoms with Gasteiger partial charge in [0.05, 0.1) is 35.6 Å². The van der Waals surface area contributed by atoms with E-state index in [1.165, 1.54) is 5.06 Å². The van der Waals surface area contributed by atoms with E-state index in [1.807, 2.05) is 0 Å². The quantitative estimate of drug-likeness (QED) is 0.539. The summed E-state index contributed by atoms with van der Waals surface area (Å²) in [6.45, 7) is 0. The standard InChI is InChI=1S/C2H6Cl3NO4Si/c1-6(2)10-11(7-3,8-4)9-5/h1-2H3. The minimum Gasteiger partial charge on any atom is -0.261 e. The zero-order chi connectivity index (χ0) is 8.91. The zero-order valence-electron chi connectivity index (χ0n) is 5.71. The van der Waals surface area contributed by atoms with Crippen molar-refractivity contribution in [2.75, 3.05) is 14.1 Å². The Morgan fingerprint density at radius 1 is 1.00 bits per heavy atom. The van der Waals surface area contributed by atoms with Crippen molar-refractivity contribution in [1.82, 2.24) is 5.06 Å². The second-order valence-electron chi connectivity index (χ2n) is 1.64. The van der Waals surface area contributed by atoms with Crippen LogP contribution < -0.4 is 0 Å². The summed E-state index contributed by atoms with van der Waals surface area (Å²) >= 11 is 14.9. The van der Waals surface area contributed by atoms with E-state index in [4.69, 9.17) is 40.1 Å². The molecule has 5 nitrogen and oxygen atoms in total. The van der Waals surface area contributed by atoms with Crippen LogP contribution in [-0.2, 0) is 16.5 Å². The van der Waals surface area contributed by atoms with Crippen molar-refractivity contribution in [2.24, 2.45) is 0 Å². The Kier molecular flexibility index (Phi) is 5.96. The molecule has 0 atom stereocenters. The molecule has 0 aliphatic rings. The van der Waals surface area contributed by atoms with Crippen LogP contribution in [0.15, 0.2) is 0 Å². The van der Waals surface area contributed by atoms with Crippen molar-refractivity contribution in [2.45, 2.75) is 0 Å². The molecule has 68 valence electrons. The van der Waals surface area contributed by atoms with Gasteiger partial charge in [0.15, 0.2) is 0 Å². The molecule has 0 radical (unpaired) electrons. The van der Waals surface area contributed by atoms with Crippen LogP contribution in [0.2, 0.25) is 0 Å². The molecule has 0 unspecified atom stereocenters. The van der Waals surface area contributed by atoms with Crippen molar-refractivity contribution >= 4 is 44.6 Å². The van der Waals surface area contributed by atoms with Crippen LogP contribution in [0.1, 0.15) is 0 Å². The van der Waals surface area contributed by atoms with E-state index < -0.39 is 9.05 Å². The maximum atomic E-state index is 4.96. The summed E-state index contributed by atoms with van der Waals surface area (Å²) in [5.74, 6) is 0. The van der Waals surface area contributed by atoms with Gasteiger partial charge in [0.1, 0.15) is 0 Å². The lowest BCUT2D eigenvalue weighted by molar-refractivity contribution is -0.0843. The lowest BCUT2D eigenvalue weighted by Crippen LogP contribution is -2.46. The molecular formula is C2H6Cl3NO4Si. The van der Waals surface area contributed by atoms with Crippen molar-refractivity contribution in [1.29, 1.82) is 0 Å². The summed E-state index contributed by atoms with van der Waals surface area (Å²) in [4.78, 5) is 0. The van der Waals surface area contributed by atoms with E-state index in [-0.39, 0.29) is 0 Å². The molecule has 0 saturated heterocycles. The number of hydroxylamine groups is 2. The number of nitrogens with zero attached hydrogens (tertiary/aromatic N) is 1. The van der Waals surface area contributed by atoms with E-state index >= 15 is 0 Å². The normalized spacial score (nSPS) is 12.5. The molecule has 0 aromatic carbocycles. The van der Waals surface area contributed by atoms with Gasteiger partial charge in [-0.05, 0) is 0 Å². The Labute approximate surface area is 80.6 Å². The Morgan fingerprint density at radius 3 is 1.45 bits per heavy atom. The van der Waals surface area contributed by atoms with E-state index in [1.54, 1.807) is 14.1 Å². The number of rotatable bonds is 5. The third-order valence-electron chi connectivity index (χ3n) is 0.578. The number of hydrogen-bond acceptors (Lipinski definition) is 5. The van der Waals surface area contributed by atoms with Gasteiger partial charge in [0, 0.05) is 14.1 Å². The zero-order valence-corrected chi connectivity index (χ0v) is 8.98. The maximum Gasteiger partial charge on any atom is 0.747 e. The molecule has 0 amide bonds. The van der Waals surface area contributed by atoms with Crippen LogP contribution >= 0.6 is 35.6 Å². The highest BCUT2D eigenvalue weighted by Crippen LogP contribution is 2.17. The number of hydrogen-bond donors (Lipinski definition) is 0. The molecule has 0 rings (SSSR count). The van der Waals surface area contributed by atoms with Crippen LogP contribution in [0.5, 0.6) is 0 Å². The van der Waals surface area contributed by atoms with Crippen LogP contribution in [0.4, 0.5) is 0 Å². The summed E-state index contributed by atoms with van der Waals surface area (Å²) in [7, 11) is -0.440. The summed E-state index contributed by atoms with van der Waals surface area (Å²) in [6.07, 6.45) is 0. The third-order valence-corrected chi connectivity index (χ3v) is 3.43. The second kappa shape index (κ2) is 5.52. The van der Waals surface area contributed by atoms with E-state index in [0.29, 0.717) is 0 Å². The van der Waals surface area contributed by atoms with Crippen LogP contribution in [0, 0.1) is 0 Å². The smallest absolute Gasteiger partial charge is 0.261 e. The molecular weight excluding hydrogens is 236 g/mol. The van der Waals surface area contributed by atoms with E-state index in [9.17, 15) is 0 Å². The van der Waals surface area contributed by atoms with Gasteiger partial charge in [-0.25, -0.2) is 17.0 Å². The average molecular weight is 243 g/mol. The predicted molar refractivity (Wildman–Crippen MR) is 41.3 cm³/mol. The highest BCUT2D eigenvalue weighted by molar-refractivity contribution is 6.64. The molecule has 0 aliphatic carbocycles. The van der Waals surface area contributed by atoms with Gasteiger partial charge in [-0.15, -0.1) is 0 Å². The van der Waals surface area contributed by atoms with Gasteiger partial charge in [-0.1, -0.05) is 0 Å². The highest BCUT2D eigenvalue weighted by Gasteiger charge is 2.49. The molecule has 9 heteroatoms. The van der Waals surface area contributed by atoms with Gasteiger partial charge < -0.3 is 0 Å². The summed E-state index contributed by atoms with van der Waals surface area (Å²) in [6, 6.07) is 0. The molecule has 11 heavy (non-hydrogen) atoms. The largest absolute Gasteiger partial charge is 0.747 e. The summed E-state index contributed by atoms with van der Waals surface area (Å²) in [5.41, 5.74) is 0. The lowest BCUT2D eigenvalue weighted by atomic mass is 11.2.